The first-order valence-corrected chi connectivity index (χ1v) is 7.57. The first-order valence-electron chi connectivity index (χ1n) is 6.36. The smallest absolute Gasteiger partial charge is 0.150 e. The summed E-state index contributed by atoms with van der Waals surface area (Å²) in [4.78, 5) is 0.684. The minimum atomic E-state index is -1.23. The predicted molar refractivity (Wildman–Crippen MR) is 78.1 cm³/mol. The number of hydrogen-bond acceptors (Lipinski definition) is 2. The van der Waals surface area contributed by atoms with Gasteiger partial charge in [0.05, 0.1) is 15.7 Å². The molecule has 3 rings (SSSR count). The van der Waals surface area contributed by atoms with Crippen LogP contribution in [0.25, 0.3) is 5.76 Å². The number of rotatable bonds is 2. The van der Waals surface area contributed by atoms with Gasteiger partial charge in [-0.15, -0.1) is 0 Å². The van der Waals surface area contributed by atoms with Gasteiger partial charge in [-0.2, -0.15) is 0 Å². The lowest BCUT2D eigenvalue weighted by molar-refractivity contribution is 0.433. The minimum absolute atomic E-state index is 0.303. The highest BCUT2D eigenvalue weighted by molar-refractivity contribution is 7.92. The Morgan fingerprint density at radius 1 is 1.20 bits per heavy atom. The van der Waals surface area contributed by atoms with Crippen LogP contribution in [0.3, 0.4) is 0 Å². The van der Waals surface area contributed by atoms with E-state index in [4.69, 9.17) is 4.74 Å². The van der Waals surface area contributed by atoms with E-state index < -0.39 is 10.8 Å². The van der Waals surface area contributed by atoms with E-state index in [0.717, 1.165) is 24.0 Å². The molecule has 0 aromatic heterocycles. The van der Waals surface area contributed by atoms with Crippen LogP contribution in [0.2, 0.25) is 0 Å². The second-order valence-electron chi connectivity index (χ2n) is 4.51. The molecule has 0 radical (unpaired) electrons. The fourth-order valence-corrected chi connectivity index (χ4v) is 3.30. The van der Waals surface area contributed by atoms with E-state index in [9.17, 15) is 8.60 Å². The average Bonchev–Trinajstić information content (AvgIpc) is 2.49. The van der Waals surface area contributed by atoms with E-state index in [1.807, 2.05) is 12.2 Å². The molecule has 0 N–H and O–H groups in total. The van der Waals surface area contributed by atoms with Gasteiger partial charge in [0.1, 0.15) is 12.1 Å². The van der Waals surface area contributed by atoms with E-state index in [0.29, 0.717) is 10.7 Å². The largest absolute Gasteiger partial charge is 0.462 e. The Kier molecular flexibility index (Phi) is 3.65. The monoisotopic (exact) mass is 288 g/mol. The van der Waals surface area contributed by atoms with Gasteiger partial charge in [-0.25, -0.2) is 8.60 Å². The lowest BCUT2D eigenvalue weighted by Crippen LogP contribution is -2.07. The van der Waals surface area contributed by atoms with E-state index in [2.05, 4.69) is 6.08 Å². The van der Waals surface area contributed by atoms with Gasteiger partial charge in [0.2, 0.25) is 0 Å². The molecule has 1 aliphatic heterocycles. The van der Waals surface area contributed by atoms with Crippen molar-refractivity contribution >= 4 is 16.6 Å². The molecule has 1 atom stereocenters. The van der Waals surface area contributed by atoms with Crippen molar-refractivity contribution in [1.29, 1.82) is 0 Å². The third-order valence-corrected chi connectivity index (χ3v) is 4.39. The van der Waals surface area contributed by atoms with Crippen molar-refractivity contribution in [3.8, 4) is 0 Å². The molecule has 4 heteroatoms. The average molecular weight is 288 g/mol. The summed E-state index contributed by atoms with van der Waals surface area (Å²) >= 11 is 0. The van der Waals surface area contributed by atoms with Crippen LogP contribution in [0, 0.1) is 5.82 Å². The minimum Gasteiger partial charge on any atom is -0.462 e. The van der Waals surface area contributed by atoms with E-state index in [1.54, 1.807) is 12.1 Å². The van der Waals surface area contributed by atoms with Crippen LogP contribution in [-0.4, -0.2) is 4.21 Å². The fourth-order valence-electron chi connectivity index (χ4n) is 2.23. The van der Waals surface area contributed by atoms with Gasteiger partial charge in [-0.1, -0.05) is 18.2 Å². The molecular formula is C16H13FO2S. The molecule has 102 valence electrons. The molecule has 0 bridgehead atoms. The molecule has 2 nitrogen and oxygen atoms in total. The summed E-state index contributed by atoms with van der Waals surface area (Å²) in [6.07, 6.45) is 9.18. The standard InChI is InChI=1S/C16H13FO2S/c17-14-8-6-12(7-9-14)15-16(20(18)11-10-19-15)13-4-2-1-3-5-13/h1-2,4,6-11H,3,5H2. The topological polar surface area (TPSA) is 26.3 Å². The fraction of sp³-hybridized carbons (Fsp3) is 0.125. The summed E-state index contributed by atoms with van der Waals surface area (Å²) in [7, 11) is -1.23. The summed E-state index contributed by atoms with van der Waals surface area (Å²) in [6.45, 7) is 0. The third kappa shape index (κ3) is 2.51. The van der Waals surface area contributed by atoms with E-state index in [1.165, 1.54) is 23.8 Å². The van der Waals surface area contributed by atoms with Crippen molar-refractivity contribution in [3.63, 3.8) is 0 Å². The van der Waals surface area contributed by atoms with Crippen LogP contribution in [0.15, 0.2) is 64.6 Å². The molecule has 0 saturated heterocycles. The van der Waals surface area contributed by atoms with Crippen LogP contribution in [0.1, 0.15) is 18.4 Å². The Balaban J connectivity index is 2.11. The lowest BCUT2D eigenvalue weighted by Gasteiger charge is -2.19. The Bertz CT molecular complexity index is 666. The molecule has 1 unspecified atom stereocenters. The number of ether oxygens (including phenoxy) is 1. The number of hydrogen-bond donors (Lipinski definition) is 0. The Labute approximate surface area is 119 Å². The molecule has 0 spiro atoms. The van der Waals surface area contributed by atoms with Crippen LogP contribution in [0.4, 0.5) is 4.39 Å². The maximum Gasteiger partial charge on any atom is 0.150 e. The Morgan fingerprint density at radius 3 is 2.70 bits per heavy atom. The molecule has 0 fully saturated rings. The van der Waals surface area contributed by atoms with Gasteiger partial charge >= 0.3 is 0 Å². The van der Waals surface area contributed by atoms with Gasteiger partial charge in [-0.05, 0) is 42.7 Å². The summed E-state index contributed by atoms with van der Waals surface area (Å²) in [6, 6.07) is 6.03. The number of allylic oxidation sites excluding steroid dienone is 4. The van der Waals surface area contributed by atoms with E-state index in [-0.39, 0.29) is 5.82 Å². The zero-order valence-corrected chi connectivity index (χ0v) is 11.5. The quantitative estimate of drug-likeness (QED) is 0.821. The molecule has 1 aliphatic carbocycles. The first kappa shape index (κ1) is 13.1. The van der Waals surface area contributed by atoms with Crippen LogP contribution in [0.5, 0.6) is 0 Å². The molecular weight excluding hydrogens is 275 g/mol. The van der Waals surface area contributed by atoms with Crippen LogP contribution >= 0.6 is 0 Å². The second-order valence-corrected chi connectivity index (χ2v) is 5.79. The highest BCUT2D eigenvalue weighted by Gasteiger charge is 2.22. The number of benzene rings is 1. The van der Waals surface area contributed by atoms with Gasteiger partial charge in [-0.3, -0.25) is 0 Å². The molecule has 1 aromatic rings. The molecule has 0 amide bonds. The Hall–Kier alpha value is -1.94. The molecule has 20 heavy (non-hydrogen) atoms. The summed E-state index contributed by atoms with van der Waals surface area (Å²) in [5, 5.41) is 1.53. The number of halogens is 1. The normalized spacial score (nSPS) is 21.6. The van der Waals surface area contributed by atoms with Crippen molar-refractivity contribution in [2.75, 3.05) is 0 Å². The van der Waals surface area contributed by atoms with Crippen molar-refractivity contribution in [3.05, 3.63) is 76.0 Å². The van der Waals surface area contributed by atoms with Crippen molar-refractivity contribution in [1.82, 2.24) is 0 Å². The van der Waals surface area contributed by atoms with Gasteiger partial charge in [0, 0.05) is 11.0 Å². The van der Waals surface area contributed by atoms with Crippen molar-refractivity contribution in [2.24, 2.45) is 0 Å². The van der Waals surface area contributed by atoms with Crippen LogP contribution in [-0.2, 0) is 15.5 Å². The van der Waals surface area contributed by atoms with E-state index >= 15 is 0 Å². The van der Waals surface area contributed by atoms with Gasteiger partial charge in [0.25, 0.3) is 0 Å². The lowest BCUT2D eigenvalue weighted by atomic mass is 10.0. The highest BCUT2D eigenvalue weighted by atomic mass is 32.2. The maximum atomic E-state index is 13.0. The Morgan fingerprint density at radius 2 is 2.00 bits per heavy atom. The summed E-state index contributed by atoms with van der Waals surface area (Å²) in [5.41, 5.74) is 1.74. The summed E-state index contributed by atoms with van der Waals surface area (Å²) in [5.74, 6) is 0.246. The molecule has 0 saturated carbocycles. The zero-order valence-electron chi connectivity index (χ0n) is 10.7. The molecule has 2 aliphatic rings. The molecule has 1 aromatic carbocycles. The predicted octanol–water partition coefficient (Wildman–Crippen LogP) is 4.02. The maximum absolute atomic E-state index is 13.0. The van der Waals surface area contributed by atoms with Gasteiger partial charge < -0.3 is 4.74 Å². The summed E-state index contributed by atoms with van der Waals surface area (Å²) < 4.78 is 30.9. The van der Waals surface area contributed by atoms with Crippen molar-refractivity contribution < 1.29 is 13.3 Å². The second kappa shape index (κ2) is 5.59. The third-order valence-electron chi connectivity index (χ3n) is 3.18. The zero-order chi connectivity index (χ0) is 13.9. The van der Waals surface area contributed by atoms with Crippen molar-refractivity contribution in [2.45, 2.75) is 12.8 Å². The van der Waals surface area contributed by atoms with Crippen LogP contribution < -0.4 is 0 Å². The highest BCUT2D eigenvalue weighted by Crippen LogP contribution is 2.34. The molecule has 1 heterocycles. The first-order chi connectivity index (χ1) is 9.75. The SMILES string of the molecule is O=S1C=COC(c2ccc(F)cc2)=C1C1=CC=CCC1. The van der Waals surface area contributed by atoms with Gasteiger partial charge in [0.15, 0.2) is 5.76 Å².